The maximum Gasteiger partial charge on any atom is 0.133 e. The molecule has 0 aliphatic heterocycles. The molecule has 0 unspecified atom stereocenters. The number of aliphatic hydroxyl groups excluding tert-OH is 1. The summed E-state index contributed by atoms with van der Waals surface area (Å²) in [5, 5.41) is 9.11. The highest BCUT2D eigenvalue weighted by Gasteiger charge is 2.10. The number of halogens is 2. The average Bonchev–Trinajstić information content (AvgIpc) is 2.03. The van der Waals surface area contributed by atoms with Crippen LogP contribution in [0.2, 0.25) is 0 Å². The molecule has 3 heteroatoms. The zero-order valence-corrected chi connectivity index (χ0v) is 7.22. The monoisotopic (exact) mass is 184 g/mol. The van der Waals surface area contributed by atoms with Gasteiger partial charge in [-0.2, -0.15) is 0 Å². The third-order valence-corrected chi connectivity index (χ3v) is 1.78. The number of hydrogen-bond acceptors (Lipinski definition) is 1. The molecule has 0 aliphatic rings. The second-order valence-electron chi connectivity index (χ2n) is 2.83. The highest BCUT2D eigenvalue weighted by molar-refractivity contribution is 5.66. The van der Waals surface area contributed by atoms with Crippen LogP contribution in [0.5, 0.6) is 0 Å². The second kappa shape index (κ2) is 3.66. The molecule has 0 aliphatic carbocycles. The molecule has 1 rings (SSSR count). The molecule has 1 aromatic carbocycles. The van der Waals surface area contributed by atoms with Crippen molar-refractivity contribution in [2.75, 3.05) is 0 Å². The first-order chi connectivity index (χ1) is 6.02. The summed E-state index contributed by atoms with van der Waals surface area (Å²) in [5.41, 5.74) is 0.397. The SMILES string of the molecule is C=C(c1ccc(F)cc1F)[C@@H](C)O. The van der Waals surface area contributed by atoms with E-state index in [1.807, 2.05) is 0 Å². The van der Waals surface area contributed by atoms with E-state index >= 15 is 0 Å². The van der Waals surface area contributed by atoms with Crippen LogP contribution in [-0.4, -0.2) is 11.2 Å². The van der Waals surface area contributed by atoms with Gasteiger partial charge in [0.05, 0.1) is 6.10 Å². The summed E-state index contributed by atoms with van der Waals surface area (Å²) in [6.45, 7) is 4.98. The van der Waals surface area contributed by atoms with Crippen LogP contribution in [0.25, 0.3) is 5.57 Å². The number of benzene rings is 1. The summed E-state index contributed by atoms with van der Waals surface area (Å²) < 4.78 is 25.5. The van der Waals surface area contributed by atoms with Crippen molar-refractivity contribution in [3.63, 3.8) is 0 Å². The fourth-order valence-electron chi connectivity index (χ4n) is 0.975. The first kappa shape index (κ1) is 9.86. The number of rotatable bonds is 2. The van der Waals surface area contributed by atoms with Crippen LogP contribution in [0.1, 0.15) is 12.5 Å². The minimum Gasteiger partial charge on any atom is -0.389 e. The van der Waals surface area contributed by atoms with E-state index in [-0.39, 0.29) is 11.1 Å². The Morgan fingerprint density at radius 3 is 2.54 bits per heavy atom. The van der Waals surface area contributed by atoms with E-state index in [4.69, 9.17) is 5.11 Å². The van der Waals surface area contributed by atoms with Crippen LogP contribution in [0.15, 0.2) is 24.8 Å². The highest BCUT2D eigenvalue weighted by Crippen LogP contribution is 2.20. The normalized spacial score (nSPS) is 12.6. The predicted molar refractivity (Wildman–Crippen MR) is 47.1 cm³/mol. The molecule has 0 saturated heterocycles. The van der Waals surface area contributed by atoms with Gasteiger partial charge in [-0.1, -0.05) is 6.58 Å². The molecule has 1 atom stereocenters. The van der Waals surface area contributed by atoms with Gasteiger partial charge in [0.1, 0.15) is 11.6 Å². The molecule has 0 spiro atoms. The lowest BCUT2D eigenvalue weighted by Crippen LogP contribution is -2.04. The van der Waals surface area contributed by atoms with Gasteiger partial charge >= 0.3 is 0 Å². The van der Waals surface area contributed by atoms with Crippen molar-refractivity contribution in [2.24, 2.45) is 0 Å². The van der Waals surface area contributed by atoms with E-state index in [2.05, 4.69) is 6.58 Å². The van der Waals surface area contributed by atoms with Gasteiger partial charge in [0.25, 0.3) is 0 Å². The Morgan fingerprint density at radius 1 is 1.46 bits per heavy atom. The van der Waals surface area contributed by atoms with Crippen molar-refractivity contribution in [3.8, 4) is 0 Å². The number of aliphatic hydroxyl groups is 1. The van der Waals surface area contributed by atoms with Gasteiger partial charge in [-0.25, -0.2) is 8.78 Å². The molecular weight excluding hydrogens is 174 g/mol. The van der Waals surface area contributed by atoms with Gasteiger partial charge in [0.15, 0.2) is 0 Å². The van der Waals surface area contributed by atoms with E-state index in [1.165, 1.54) is 13.0 Å². The van der Waals surface area contributed by atoms with E-state index in [0.717, 1.165) is 12.1 Å². The summed E-state index contributed by atoms with van der Waals surface area (Å²) in [6.07, 6.45) is -0.833. The third kappa shape index (κ3) is 2.12. The first-order valence-electron chi connectivity index (χ1n) is 3.84. The first-order valence-corrected chi connectivity index (χ1v) is 3.84. The Bertz CT molecular complexity index is 332. The zero-order chi connectivity index (χ0) is 10.0. The van der Waals surface area contributed by atoms with Crippen LogP contribution in [0.4, 0.5) is 8.78 Å². The van der Waals surface area contributed by atoms with Crippen molar-refractivity contribution >= 4 is 5.57 Å². The van der Waals surface area contributed by atoms with E-state index in [0.29, 0.717) is 0 Å². The molecule has 0 fully saturated rings. The van der Waals surface area contributed by atoms with Gasteiger partial charge in [-0.3, -0.25) is 0 Å². The van der Waals surface area contributed by atoms with Gasteiger partial charge in [-0.05, 0) is 24.6 Å². The minimum absolute atomic E-state index is 0.149. The van der Waals surface area contributed by atoms with Crippen LogP contribution in [-0.2, 0) is 0 Å². The number of hydrogen-bond donors (Lipinski definition) is 1. The van der Waals surface area contributed by atoms with E-state index < -0.39 is 17.7 Å². The highest BCUT2D eigenvalue weighted by atomic mass is 19.1. The summed E-state index contributed by atoms with van der Waals surface area (Å²) in [7, 11) is 0. The molecule has 70 valence electrons. The summed E-state index contributed by atoms with van der Waals surface area (Å²) >= 11 is 0. The summed E-state index contributed by atoms with van der Waals surface area (Å²) in [4.78, 5) is 0. The molecule has 0 bridgehead atoms. The topological polar surface area (TPSA) is 20.2 Å². The Labute approximate surface area is 75.3 Å². The van der Waals surface area contributed by atoms with Gasteiger partial charge in [0.2, 0.25) is 0 Å². The van der Waals surface area contributed by atoms with Crippen LogP contribution in [0.3, 0.4) is 0 Å². The van der Waals surface area contributed by atoms with Gasteiger partial charge in [0, 0.05) is 11.6 Å². The largest absolute Gasteiger partial charge is 0.389 e. The molecule has 0 aromatic heterocycles. The van der Waals surface area contributed by atoms with Crippen molar-refractivity contribution < 1.29 is 13.9 Å². The molecule has 0 radical (unpaired) electrons. The lowest BCUT2D eigenvalue weighted by atomic mass is 10.0. The Balaban J connectivity index is 3.09. The summed E-state index contributed by atoms with van der Waals surface area (Å²) in [5.74, 6) is -1.34. The van der Waals surface area contributed by atoms with E-state index in [9.17, 15) is 8.78 Å². The lowest BCUT2D eigenvalue weighted by molar-refractivity contribution is 0.253. The molecule has 13 heavy (non-hydrogen) atoms. The average molecular weight is 184 g/mol. The minimum atomic E-state index is -0.833. The molecule has 0 amide bonds. The molecule has 1 N–H and O–H groups in total. The zero-order valence-electron chi connectivity index (χ0n) is 7.22. The molecule has 1 aromatic rings. The molecule has 0 saturated carbocycles. The third-order valence-electron chi connectivity index (χ3n) is 1.78. The summed E-state index contributed by atoms with van der Waals surface area (Å²) in [6, 6.07) is 3.16. The molecule has 0 heterocycles. The van der Waals surface area contributed by atoms with Crippen molar-refractivity contribution in [2.45, 2.75) is 13.0 Å². The van der Waals surface area contributed by atoms with Crippen molar-refractivity contribution in [1.29, 1.82) is 0 Å². The maximum atomic E-state index is 13.0. The molecule has 1 nitrogen and oxygen atoms in total. The van der Waals surface area contributed by atoms with Gasteiger partial charge in [-0.15, -0.1) is 0 Å². The second-order valence-corrected chi connectivity index (χ2v) is 2.83. The fourth-order valence-corrected chi connectivity index (χ4v) is 0.975. The lowest BCUT2D eigenvalue weighted by Gasteiger charge is -2.09. The fraction of sp³-hybridized carbons (Fsp3) is 0.200. The van der Waals surface area contributed by atoms with Crippen molar-refractivity contribution in [3.05, 3.63) is 42.0 Å². The smallest absolute Gasteiger partial charge is 0.133 e. The van der Waals surface area contributed by atoms with Crippen LogP contribution >= 0.6 is 0 Å². The Kier molecular flexibility index (Phi) is 2.78. The predicted octanol–water partition coefficient (Wildman–Crippen LogP) is 2.36. The Morgan fingerprint density at radius 2 is 2.08 bits per heavy atom. The van der Waals surface area contributed by atoms with Crippen LogP contribution in [0, 0.1) is 11.6 Å². The molecular formula is C10H10F2O. The van der Waals surface area contributed by atoms with Gasteiger partial charge < -0.3 is 5.11 Å². The maximum absolute atomic E-state index is 13.0. The van der Waals surface area contributed by atoms with Crippen LogP contribution < -0.4 is 0 Å². The quantitative estimate of drug-likeness (QED) is 0.748. The van der Waals surface area contributed by atoms with E-state index in [1.54, 1.807) is 0 Å². The van der Waals surface area contributed by atoms with Crippen molar-refractivity contribution in [1.82, 2.24) is 0 Å². The standard InChI is InChI=1S/C10H10F2O/c1-6(7(2)13)9-4-3-8(11)5-10(9)12/h3-5,7,13H,1H2,2H3/t7-/m1/s1. The Hall–Kier alpha value is -1.22.